The second-order valence-corrected chi connectivity index (χ2v) is 4.29. The normalized spacial score (nSPS) is 11.8. The Balaban J connectivity index is 2.68. The van der Waals surface area contributed by atoms with E-state index in [1.54, 1.807) is 6.92 Å². The maximum absolute atomic E-state index is 11.7. The fraction of sp³-hybridized carbons (Fsp3) is 0.444. The average Bonchev–Trinajstić information content (AvgIpc) is 2.11. The lowest BCUT2D eigenvalue weighted by atomic mass is 10.3. The Hall–Kier alpha value is -0.570. The average molecular weight is 347 g/mol. The Labute approximate surface area is 103 Å². The lowest BCUT2D eigenvalue weighted by Gasteiger charge is -2.09. The summed E-state index contributed by atoms with van der Waals surface area (Å²) in [5.74, 6) is 0. The van der Waals surface area contributed by atoms with Crippen molar-refractivity contribution >= 4 is 22.6 Å². The van der Waals surface area contributed by atoms with E-state index in [9.17, 15) is 18.0 Å². The van der Waals surface area contributed by atoms with Gasteiger partial charge in [0.15, 0.2) is 0 Å². The third kappa shape index (κ3) is 4.12. The van der Waals surface area contributed by atoms with Crippen LogP contribution >= 0.6 is 22.6 Å². The summed E-state index contributed by atoms with van der Waals surface area (Å²) in [7, 11) is 0. The number of rotatable bonds is 3. The van der Waals surface area contributed by atoms with Crippen LogP contribution in [-0.4, -0.2) is 17.5 Å². The highest BCUT2D eigenvalue weighted by Crippen LogP contribution is 2.15. The Morgan fingerprint density at radius 3 is 2.69 bits per heavy atom. The van der Waals surface area contributed by atoms with E-state index < -0.39 is 13.0 Å². The van der Waals surface area contributed by atoms with Crippen LogP contribution in [0.1, 0.15) is 5.56 Å². The molecule has 0 bridgehead atoms. The van der Waals surface area contributed by atoms with E-state index in [0.717, 1.165) is 9.13 Å². The first-order chi connectivity index (χ1) is 7.29. The van der Waals surface area contributed by atoms with Crippen molar-refractivity contribution in [1.82, 2.24) is 4.57 Å². The smallest absolute Gasteiger partial charge is 0.312 e. The molecule has 7 heteroatoms. The lowest BCUT2D eigenvalue weighted by Crippen LogP contribution is -2.24. The van der Waals surface area contributed by atoms with Crippen LogP contribution in [0.3, 0.4) is 0 Å². The molecule has 1 aromatic rings. The van der Waals surface area contributed by atoms with E-state index in [0.29, 0.717) is 0 Å². The van der Waals surface area contributed by atoms with E-state index in [4.69, 9.17) is 0 Å². The van der Waals surface area contributed by atoms with E-state index in [1.807, 2.05) is 22.6 Å². The molecule has 1 rings (SSSR count). The highest BCUT2D eigenvalue weighted by atomic mass is 127. The Morgan fingerprint density at radius 2 is 2.12 bits per heavy atom. The van der Waals surface area contributed by atoms with Gasteiger partial charge in [-0.15, -0.1) is 13.2 Å². The molecule has 0 N–H and O–H groups in total. The van der Waals surface area contributed by atoms with E-state index in [1.165, 1.54) is 16.8 Å². The molecule has 16 heavy (non-hydrogen) atoms. The van der Waals surface area contributed by atoms with Crippen molar-refractivity contribution in [3.05, 3.63) is 31.8 Å². The van der Waals surface area contributed by atoms with Crippen LogP contribution in [0.15, 0.2) is 17.1 Å². The summed E-state index contributed by atoms with van der Waals surface area (Å²) < 4.78 is 40.7. The molecule has 0 aromatic carbocycles. The molecule has 1 aromatic heterocycles. The third-order valence-electron chi connectivity index (χ3n) is 1.87. The van der Waals surface area contributed by atoms with Gasteiger partial charge >= 0.3 is 6.36 Å². The van der Waals surface area contributed by atoms with Gasteiger partial charge in [-0.3, -0.25) is 9.53 Å². The molecule has 0 unspecified atom stereocenters. The maximum atomic E-state index is 11.7. The summed E-state index contributed by atoms with van der Waals surface area (Å²) >= 11 is 2.01. The first kappa shape index (κ1) is 13.5. The number of alkyl halides is 3. The Kier molecular flexibility index (Phi) is 4.36. The van der Waals surface area contributed by atoms with Crippen molar-refractivity contribution in [2.45, 2.75) is 19.8 Å². The van der Waals surface area contributed by atoms with Crippen LogP contribution in [-0.2, 0) is 11.3 Å². The molecule has 0 spiro atoms. The minimum absolute atomic E-state index is 0.116. The molecule has 0 fully saturated rings. The molecule has 3 nitrogen and oxygen atoms in total. The summed E-state index contributed by atoms with van der Waals surface area (Å²) in [5, 5.41) is 0. The number of hydrogen-bond donors (Lipinski definition) is 0. The number of aryl methyl sites for hydroxylation is 1. The first-order valence-corrected chi connectivity index (χ1v) is 5.45. The van der Waals surface area contributed by atoms with Gasteiger partial charge in [-0.05, 0) is 35.1 Å². The van der Waals surface area contributed by atoms with Crippen LogP contribution in [0.2, 0.25) is 0 Å². The molecule has 0 saturated carbocycles. The van der Waals surface area contributed by atoms with Crippen molar-refractivity contribution in [2.75, 3.05) is 6.61 Å². The summed E-state index contributed by atoms with van der Waals surface area (Å²) in [4.78, 5) is 11.4. The second kappa shape index (κ2) is 5.17. The summed E-state index contributed by atoms with van der Waals surface area (Å²) in [6.07, 6.45) is -3.14. The summed E-state index contributed by atoms with van der Waals surface area (Å²) in [6.45, 7) is 1.08. The van der Waals surface area contributed by atoms with Crippen molar-refractivity contribution in [1.29, 1.82) is 0 Å². The highest BCUT2D eigenvalue weighted by molar-refractivity contribution is 14.1. The van der Waals surface area contributed by atoms with Gasteiger partial charge in [0, 0.05) is 22.4 Å². The minimum Gasteiger partial charge on any atom is -0.312 e. The van der Waals surface area contributed by atoms with Crippen molar-refractivity contribution < 1.29 is 17.9 Å². The standard InChI is InChI=1S/C9H9F3INO2/c1-6-4-8(15)14(5-7(6)13)2-3-16-9(10,11)12/h4-5H,2-3H2,1H3. The molecule has 90 valence electrons. The fourth-order valence-corrected chi connectivity index (χ4v) is 1.57. The Morgan fingerprint density at radius 1 is 1.50 bits per heavy atom. The van der Waals surface area contributed by atoms with Gasteiger partial charge in [0.05, 0.1) is 6.61 Å². The molecule has 1 heterocycles. The molecule has 0 saturated heterocycles. The van der Waals surface area contributed by atoms with Gasteiger partial charge in [-0.2, -0.15) is 0 Å². The first-order valence-electron chi connectivity index (χ1n) is 4.37. The molecule has 0 radical (unpaired) electrons. The van der Waals surface area contributed by atoms with Gasteiger partial charge < -0.3 is 4.57 Å². The van der Waals surface area contributed by atoms with Gasteiger partial charge in [0.1, 0.15) is 0 Å². The van der Waals surface area contributed by atoms with Crippen LogP contribution in [0.4, 0.5) is 13.2 Å². The van der Waals surface area contributed by atoms with E-state index >= 15 is 0 Å². The second-order valence-electron chi connectivity index (χ2n) is 3.13. The molecule has 0 amide bonds. The topological polar surface area (TPSA) is 31.2 Å². The van der Waals surface area contributed by atoms with Crippen molar-refractivity contribution in [2.24, 2.45) is 0 Å². The molecule has 0 aliphatic heterocycles. The largest absolute Gasteiger partial charge is 0.522 e. The number of nitrogens with zero attached hydrogens (tertiary/aromatic N) is 1. The zero-order valence-corrected chi connectivity index (χ0v) is 10.5. The maximum Gasteiger partial charge on any atom is 0.522 e. The lowest BCUT2D eigenvalue weighted by molar-refractivity contribution is -0.325. The predicted octanol–water partition coefficient (Wildman–Crippen LogP) is 2.30. The molecule has 0 aliphatic rings. The molecule has 0 atom stereocenters. The zero-order chi connectivity index (χ0) is 12.3. The van der Waals surface area contributed by atoms with E-state index in [2.05, 4.69) is 4.74 Å². The fourth-order valence-electron chi connectivity index (χ4n) is 1.07. The van der Waals surface area contributed by atoms with Gasteiger partial charge in [0.25, 0.3) is 5.56 Å². The van der Waals surface area contributed by atoms with Gasteiger partial charge in [-0.1, -0.05) is 0 Å². The highest BCUT2D eigenvalue weighted by Gasteiger charge is 2.28. The molecule has 0 aliphatic carbocycles. The third-order valence-corrected chi connectivity index (χ3v) is 3.00. The van der Waals surface area contributed by atoms with Crippen LogP contribution < -0.4 is 5.56 Å². The number of halogens is 4. The van der Waals surface area contributed by atoms with Gasteiger partial charge in [-0.25, -0.2) is 0 Å². The van der Waals surface area contributed by atoms with Crippen molar-refractivity contribution in [3.8, 4) is 0 Å². The number of pyridine rings is 1. The van der Waals surface area contributed by atoms with Crippen LogP contribution in [0, 0.1) is 10.5 Å². The Bertz CT molecular complexity index is 428. The number of hydrogen-bond acceptors (Lipinski definition) is 2. The summed E-state index contributed by atoms with van der Waals surface area (Å²) in [6, 6.07) is 1.38. The van der Waals surface area contributed by atoms with Crippen LogP contribution in [0.25, 0.3) is 0 Å². The van der Waals surface area contributed by atoms with Gasteiger partial charge in [0.2, 0.25) is 0 Å². The number of ether oxygens (including phenoxy) is 1. The monoisotopic (exact) mass is 347 g/mol. The summed E-state index contributed by atoms with van der Waals surface area (Å²) in [5.41, 5.74) is 0.474. The minimum atomic E-state index is -4.65. The van der Waals surface area contributed by atoms with Crippen molar-refractivity contribution in [3.63, 3.8) is 0 Å². The molecular formula is C9H9F3INO2. The number of aromatic nitrogens is 1. The predicted molar refractivity (Wildman–Crippen MR) is 60.2 cm³/mol. The van der Waals surface area contributed by atoms with E-state index in [-0.39, 0.29) is 12.1 Å². The molecular weight excluding hydrogens is 338 g/mol. The SMILES string of the molecule is Cc1cc(=O)n(CCOC(F)(F)F)cc1I. The van der Waals surface area contributed by atoms with Crippen LogP contribution in [0.5, 0.6) is 0 Å². The quantitative estimate of drug-likeness (QED) is 0.786. The zero-order valence-electron chi connectivity index (χ0n) is 8.34.